The van der Waals surface area contributed by atoms with Gasteiger partial charge >= 0.3 is 0 Å². The molecule has 1 aliphatic heterocycles. The van der Waals surface area contributed by atoms with E-state index >= 15 is 0 Å². The Morgan fingerprint density at radius 3 is 2.62 bits per heavy atom. The normalized spacial score (nSPS) is 18.6. The molecule has 0 radical (unpaired) electrons. The lowest BCUT2D eigenvalue weighted by Gasteiger charge is -2.25. The molecule has 0 bridgehead atoms. The Kier molecular flexibility index (Phi) is 6.11. The summed E-state index contributed by atoms with van der Waals surface area (Å²) in [6.07, 6.45) is 0.769. The Bertz CT molecular complexity index is 1280. The molecule has 1 aliphatic rings. The number of likely N-dealkylation sites (N-methyl/N-ethyl adjacent to an activating group) is 1. The van der Waals surface area contributed by atoms with Crippen molar-refractivity contribution in [2.75, 3.05) is 34.4 Å². The Labute approximate surface area is 190 Å². The molecule has 2 atom stereocenters. The lowest BCUT2D eigenvalue weighted by Crippen LogP contribution is -2.32. The number of aliphatic hydroxyl groups excluding tert-OH is 1. The van der Waals surface area contributed by atoms with Gasteiger partial charge in [0.25, 0.3) is 0 Å². The molecule has 1 saturated heterocycles. The largest absolute Gasteiger partial charge is 0.496 e. The van der Waals surface area contributed by atoms with Crippen molar-refractivity contribution in [1.82, 2.24) is 4.90 Å². The highest BCUT2D eigenvalue weighted by atomic mass is 35.5. The lowest BCUT2D eigenvalue weighted by molar-refractivity contribution is 0.171. The van der Waals surface area contributed by atoms with Gasteiger partial charge in [-0.2, -0.15) is 5.26 Å². The maximum atomic E-state index is 13.2. The third kappa shape index (κ3) is 3.61. The number of halogens is 1. The van der Waals surface area contributed by atoms with Crippen LogP contribution in [0.4, 0.5) is 0 Å². The van der Waals surface area contributed by atoms with E-state index in [1.807, 2.05) is 13.1 Å². The van der Waals surface area contributed by atoms with Crippen LogP contribution in [0.2, 0.25) is 5.02 Å². The first-order valence-electron chi connectivity index (χ1n) is 10.2. The lowest BCUT2D eigenvalue weighted by atomic mass is 9.89. The molecule has 0 amide bonds. The quantitative estimate of drug-likeness (QED) is 0.626. The van der Waals surface area contributed by atoms with Crippen LogP contribution < -0.4 is 14.9 Å². The molecule has 4 rings (SSSR count). The summed E-state index contributed by atoms with van der Waals surface area (Å²) in [4.78, 5) is 15.3. The average Bonchev–Trinajstić information content (AvgIpc) is 3.17. The SMILES string of the molecule is COc1cc(OC)c2c(=O)cc(-c3ccc(C#N)cc3Cl)oc2c1[C@@H]1CCN(C)[C@H]1CO. The zero-order chi connectivity index (χ0) is 23.0. The summed E-state index contributed by atoms with van der Waals surface area (Å²) in [5, 5.41) is 19.8. The number of hydrogen-bond donors (Lipinski definition) is 1. The van der Waals surface area contributed by atoms with Crippen molar-refractivity contribution in [3.8, 4) is 28.9 Å². The smallest absolute Gasteiger partial charge is 0.197 e. The van der Waals surface area contributed by atoms with Crippen molar-refractivity contribution < 1.29 is 19.0 Å². The molecule has 0 unspecified atom stereocenters. The van der Waals surface area contributed by atoms with E-state index in [2.05, 4.69) is 4.90 Å². The molecule has 1 aromatic heterocycles. The fraction of sp³-hybridized carbons (Fsp3) is 0.333. The molecule has 2 aromatic carbocycles. The summed E-state index contributed by atoms with van der Waals surface area (Å²) in [6.45, 7) is 0.751. The van der Waals surface area contributed by atoms with Crippen molar-refractivity contribution in [2.24, 2.45) is 0 Å². The zero-order valence-corrected chi connectivity index (χ0v) is 18.8. The summed E-state index contributed by atoms with van der Waals surface area (Å²) < 4.78 is 17.5. The second-order valence-corrected chi connectivity index (χ2v) is 8.21. The predicted molar refractivity (Wildman–Crippen MR) is 122 cm³/mol. The average molecular weight is 455 g/mol. The molecule has 3 aromatic rings. The van der Waals surface area contributed by atoms with E-state index in [9.17, 15) is 9.90 Å². The molecule has 0 spiro atoms. The van der Waals surface area contributed by atoms with Gasteiger partial charge in [0.2, 0.25) is 0 Å². The molecule has 1 fully saturated rings. The Balaban J connectivity index is 2.05. The van der Waals surface area contributed by atoms with Gasteiger partial charge in [0, 0.05) is 35.2 Å². The first-order chi connectivity index (χ1) is 15.4. The van der Waals surface area contributed by atoms with Crippen molar-refractivity contribution in [3.63, 3.8) is 0 Å². The van der Waals surface area contributed by atoms with E-state index in [0.29, 0.717) is 38.6 Å². The summed E-state index contributed by atoms with van der Waals surface area (Å²) in [5.74, 6) is 1.04. The molecule has 8 heteroatoms. The van der Waals surface area contributed by atoms with E-state index in [1.54, 1.807) is 25.3 Å². The highest BCUT2D eigenvalue weighted by Crippen LogP contribution is 2.45. The molecule has 0 saturated carbocycles. The van der Waals surface area contributed by atoms with Gasteiger partial charge in [-0.15, -0.1) is 0 Å². The van der Waals surface area contributed by atoms with Crippen LogP contribution in [0.15, 0.2) is 39.5 Å². The van der Waals surface area contributed by atoms with E-state index in [1.165, 1.54) is 19.2 Å². The van der Waals surface area contributed by atoms with Crippen LogP contribution in [-0.2, 0) is 0 Å². The van der Waals surface area contributed by atoms with Crippen LogP contribution >= 0.6 is 11.6 Å². The molecular formula is C24H23ClN2O5. The number of nitriles is 1. The van der Waals surface area contributed by atoms with Gasteiger partial charge in [-0.3, -0.25) is 4.79 Å². The first-order valence-corrected chi connectivity index (χ1v) is 10.5. The number of benzene rings is 2. The van der Waals surface area contributed by atoms with Gasteiger partial charge in [0.1, 0.15) is 28.2 Å². The molecule has 32 heavy (non-hydrogen) atoms. The Morgan fingerprint density at radius 1 is 1.25 bits per heavy atom. The van der Waals surface area contributed by atoms with E-state index < -0.39 is 0 Å². The number of ether oxygens (including phenoxy) is 2. The third-order valence-corrected chi connectivity index (χ3v) is 6.46. The Morgan fingerprint density at radius 2 is 2.00 bits per heavy atom. The predicted octanol–water partition coefficient (Wildman–Crippen LogP) is 3.78. The number of likely N-dealkylation sites (tertiary alicyclic amines) is 1. The summed E-state index contributed by atoms with van der Waals surface area (Å²) in [6, 6.07) is 9.76. The van der Waals surface area contributed by atoms with Gasteiger partial charge in [0.15, 0.2) is 5.43 Å². The molecule has 7 nitrogen and oxygen atoms in total. The van der Waals surface area contributed by atoms with Gasteiger partial charge in [-0.1, -0.05) is 11.6 Å². The number of rotatable bonds is 5. The van der Waals surface area contributed by atoms with Crippen molar-refractivity contribution in [1.29, 1.82) is 5.26 Å². The van der Waals surface area contributed by atoms with E-state index in [4.69, 9.17) is 30.8 Å². The number of hydrogen-bond acceptors (Lipinski definition) is 7. The molecular weight excluding hydrogens is 432 g/mol. The van der Waals surface area contributed by atoms with E-state index in [0.717, 1.165) is 18.5 Å². The highest BCUT2D eigenvalue weighted by Gasteiger charge is 2.37. The van der Waals surface area contributed by atoms with Crippen LogP contribution in [0.25, 0.3) is 22.3 Å². The molecule has 2 heterocycles. The van der Waals surface area contributed by atoms with Crippen molar-refractivity contribution in [3.05, 3.63) is 56.7 Å². The molecule has 1 N–H and O–H groups in total. The summed E-state index contributed by atoms with van der Waals surface area (Å²) in [5.41, 5.74) is 1.69. The highest BCUT2D eigenvalue weighted by molar-refractivity contribution is 6.33. The van der Waals surface area contributed by atoms with Crippen LogP contribution in [0.1, 0.15) is 23.5 Å². The van der Waals surface area contributed by atoms with Crippen LogP contribution in [0, 0.1) is 11.3 Å². The number of nitrogens with zero attached hydrogens (tertiary/aromatic N) is 2. The van der Waals surface area contributed by atoms with Gasteiger partial charge in [-0.05, 0) is 38.2 Å². The monoisotopic (exact) mass is 454 g/mol. The van der Waals surface area contributed by atoms with E-state index in [-0.39, 0.29) is 29.8 Å². The maximum Gasteiger partial charge on any atom is 0.197 e. The number of methoxy groups -OCH3 is 2. The van der Waals surface area contributed by atoms with Gasteiger partial charge in [0.05, 0.1) is 37.5 Å². The topological polar surface area (TPSA) is 95.9 Å². The Hall–Kier alpha value is -3.05. The number of aliphatic hydroxyl groups is 1. The first kappa shape index (κ1) is 22.2. The third-order valence-electron chi connectivity index (χ3n) is 6.15. The second-order valence-electron chi connectivity index (χ2n) is 7.81. The number of fused-ring (bicyclic) bond motifs is 1. The minimum Gasteiger partial charge on any atom is -0.496 e. The minimum atomic E-state index is -0.283. The van der Waals surface area contributed by atoms with Crippen LogP contribution in [-0.4, -0.2) is 50.5 Å². The second kappa shape index (κ2) is 8.83. The van der Waals surface area contributed by atoms with Crippen molar-refractivity contribution >= 4 is 22.6 Å². The summed E-state index contributed by atoms with van der Waals surface area (Å²) in [7, 11) is 4.99. The van der Waals surface area contributed by atoms with Gasteiger partial charge in [-0.25, -0.2) is 0 Å². The molecule has 166 valence electrons. The standard InChI is InChI=1S/C24H23ClN2O5/c1-27-7-6-15(17(27)12-28)22-20(30-2)10-21(31-3)23-18(29)9-19(32-24(22)23)14-5-4-13(11-26)8-16(14)25/h4-5,8-10,15,17,28H,6-7,12H2,1-3H3/t15-,17+/m1/s1. The molecule has 0 aliphatic carbocycles. The van der Waals surface area contributed by atoms with Crippen LogP contribution in [0.3, 0.4) is 0 Å². The maximum absolute atomic E-state index is 13.2. The fourth-order valence-corrected chi connectivity index (χ4v) is 4.78. The minimum absolute atomic E-state index is 0.0385. The summed E-state index contributed by atoms with van der Waals surface area (Å²) >= 11 is 6.39. The fourth-order valence-electron chi connectivity index (χ4n) is 4.51. The van der Waals surface area contributed by atoms with Crippen LogP contribution in [0.5, 0.6) is 11.5 Å². The zero-order valence-electron chi connectivity index (χ0n) is 18.0. The van der Waals surface area contributed by atoms with Crippen molar-refractivity contribution in [2.45, 2.75) is 18.4 Å². The van der Waals surface area contributed by atoms with Gasteiger partial charge < -0.3 is 23.9 Å².